The van der Waals surface area contributed by atoms with E-state index in [-0.39, 0.29) is 11.4 Å². The van der Waals surface area contributed by atoms with Crippen LogP contribution in [0.2, 0.25) is 0 Å². The minimum absolute atomic E-state index is 0.171. The molecule has 0 amide bonds. The molecule has 0 bridgehead atoms. The van der Waals surface area contributed by atoms with Gasteiger partial charge in [-0.05, 0) is 27.2 Å². The minimum atomic E-state index is -3.11. The second-order valence-electron chi connectivity index (χ2n) is 4.07. The first-order chi connectivity index (χ1) is 6.43. The SMILES string of the molecule is CC1OCCC1CNS(=O)(=O)C(C)C. The number of ether oxygens (including phenoxy) is 1. The Kier molecular flexibility index (Phi) is 3.92. The van der Waals surface area contributed by atoms with Crippen molar-refractivity contribution in [1.82, 2.24) is 4.72 Å². The van der Waals surface area contributed by atoms with Gasteiger partial charge in [0.1, 0.15) is 0 Å². The van der Waals surface area contributed by atoms with Crippen LogP contribution in [0.25, 0.3) is 0 Å². The van der Waals surface area contributed by atoms with Gasteiger partial charge >= 0.3 is 0 Å². The fourth-order valence-electron chi connectivity index (χ4n) is 1.43. The largest absolute Gasteiger partial charge is 0.378 e. The lowest BCUT2D eigenvalue weighted by Crippen LogP contribution is -2.36. The van der Waals surface area contributed by atoms with Gasteiger partial charge in [-0.3, -0.25) is 0 Å². The Bertz CT molecular complexity index is 274. The van der Waals surface area contributed by atoms with E-state index >= 15 is 0 Å². The van der Waals surface area contributed by atoms with Gasteiger partial charge < -0.3 is 4.74 Å². The highest BCUT2D eigenvalue weighted by atomic mass is 32.2. The van der Waals surface area contributed by atoms with Crippen molar-refractivity contribution < 1.29 is 13.2 Å². The molecule has 0 saturated carbocycles. The molecular weight excluding hydrogens is 202 g/mol. The predicted octanol–water partition coefficient (Wildman–Crippen LogP) is 0.739. The molecule has 1 N–H and O–H groups in total. The van der Waals surface area contributed by atoms with Gasteiger partial charge in [0, 0.05) is 19.1 Å². The lowest BCUT2D eigenvalue weighted by Gasteiger charge is -2.16. The molecule has 1 fully saturated rings. The van der Waals surface area contributed by atoms with Crippen molar-refractivity contribution in [2.24, 2.45) is 5.92 Å². The zero-order valence-corrected chi connectivity index (χ0v) is 9.80. The molecule has 0 spiro atoms. The monoisotopic (exact) mass is 221 g/mol. The van der Waals surface area contributed by atoms with Crippen LogP contribution in [-0.4, -0.2) is 32.9 Å². The Morgan fingerprint density at radius 1 is 1.50 bits per heavy atom. The molecule has 0 radical (unpaired) electrons. The van der Waals surface area contributed by atoms with Gasteiger partial charge in [0.05, 0.1) is 11.4 Å². The summed E-state index contributed by atoms with van der Waals surface area (Å²) in [5.74, 6) is 0.323. The zero-order valence-electron chi connectivity index (χ0n) is 8.99. The third-order valence-electron chi connectivity index (χ3n) is 2.70. The minimum Gasteiger partial charge on any atom is -0.378 e. The molecule has 5 heteroatoms. The Balaban J connectivity index is 2.40. The molecule has 1 aliphatic rings. The third kappa shape index (κ3) is 2.93. The first-order valence-corrected chi connectivity index (χ1v) is 6.58. The van der Waals surface area contributed by atoms with Crippen molar-refractivity contribution in [3.63, 3.8) is 0 Å². The van der Waals surface area contributed by atoms with Crippen LogP contribution in [0.15, 0.2) is 0 Å². The second kappa shape index (κ2) is 4.59. The van der Waals surface area contributed by atoms with Gasteiger partial charge in [0.2, 0.25) is 10.0 Å². The molecule has 0 aromatic rings. The summed E-state index contributed by atoms with van der Waals surface area (Å²) in [4.78, 5) is 0. The Labute approximate surface area is 86.1 Å². The number of hydrogen-bond acceptors (Lipinski definition) is 3. The molecule has 0 aromatic carbocycles. The molecule has 1 rings (SSSR count). The van der Waals surface area contributed by atoms with Crippen molar-refractivity contribution >= 4 is 10.0 Å². The summed E-state index contributed by atoms with van der Waals surface area (Å²) in [7, 11) is -3.11. The van der Waals surface area contributed by atoms with Crippen molar-refractivity contribution in [2.75, 3.05) is 13.2 Å². The molecule has 4 nitrogen and oxygen atoms in total. The highest BCUT2D eigenvalue weighted by molar-refractivity contribution is 7.90. The van der Waals surface area contributed by atoms with Crippen LogP contribution < -0.4 is 4.72 Å². The van der Waals surface area contributed by atoms with Gasteiger partial charge in [0.15, 0.2) is 0 Å². The van der Waals surface area contributed by atoms with E-state index in [1.54, 1.807) is 13.8 Å². The molecule has 0 aromatic heterocycles. The fourth-order valence-corrected chi connectivity index (χ4v) is 2.21. The lowest BCUT2D eigenvalue weighted by atomic mass is 10.0. The molecule has 14 heavy (non-hydrogen) atoms. The van der Waals surface area contributed by atoms with Gasteiger partial charge in [-0.25, -0.2) is 13.1 Å². The summed E-state index contributed by atoms with van der Waals surface area (Å²) in [6, 6.07) is 0. The van der Waals surface area contributed by atoms with E-state index < -0.39 is 10.0 Å². The molecular formula is C9H19NO3S. The summed E-state index contributed by atoms with van der Waals surface area (Å²) in [6.45, 7) is 6.59. The molecule has 0 aliphatic carbocycles. The Morgan fingerprint density at radius 2 is 2.14 bits per heavy atom. The number of nitrogens with one attached hydrogen (secondary N) is 1. The van der Waals surface area contributed by atoms with Crippen LogP contribution >= 0.6 is 0 Å². The van der Waals surface area contributed by atoms with Crippen LogP contribution in [-0.2, 0) is 14.8 Å². The summed E-state index contributed by atoms with van der Waals surface area (Å²) in [5.41, 5.74) is 0. The van der Waals surface area contributed by atoms with E-state index in [1.165, 1.54) is 0 Å². The fraction of sp³-hybridized carbons (Fsp3) is 1.00. The van der Waals surface area contributed by atoms with Gasteiger partial charge in [0.25, 0.3) is 0 Å². The van der Waals surface area contributed by atoms with Crippen LogP contribution in [0.4, 0.5) is 0 Å². The van der Waals surface area contributed by atoms with E-state index in [9.17, 15) is 8.42 Å². The van der Waals surface area contributed by atoms with Crippen LogP contribution in [0.3, 0.4) is 0 Å². The first kappa shape index (κ1) is 11.9. The number of rotatable bonds is 4. The summed E-state index contributed by atoms with van der Waals surface area (Å²) < 4.78 is 30.9. The Hall–Kier alpha value is -0.130. The van der Waals surface area contributed by atoms with E-state index in [1.807, 2.05) is 6.92 Å². The highest BCUT2D eigenvalue weighted by Gasteiger charge is 2.26. The molecule has 2 atom stereocenters. The normalized spacial score (nSPS) is 28.6. The van der Waals surface area contributed by atoms with Crippen LogP contribution in [0, 0.1) is 5.92 Å². The van der Waals surface area contributed by atoms with Crippen LogP contribution in [0.1, 0.15) is 27.2 Å². The number of sulfonamides is 1. The van der Waals surface area contributed by atoms with Gasteiger partial charge in [-0.1, -0.05) is 0 Å². The molecule has 1 aliphatic heterocycles. The molecule has 84 valence electrons. The van der Waals surface area contributed by atoms with Crippen molar-refractivity contribution in [1.29, 1.82) is 0 Å². The van der Waals surface area contributed by atoms with E-state index in [0.717, 1.165) is 13.0 Å². The second-order valence-corrected chi connectivity index (χ2v) is 6.39. The van der Waals surface area contributed by atoms with E-state index in [0.29, 0.717) is 12.5 Å². The van der Waals surface area contributed by atoms with Gasteiger partial charge in [-0.2, -0.15) is 0 Å². The maximum Gasteiger partial charge on any atom is 0.213 e. The van der Waals surface area contributed by atoms with Crippen molar-refractivity contribution in [3.8, 4) is 0 Å². The quantitative estimate of drug-likeness (QED) is 0.761. The lowest BCUT2D eigenvalue weighted by molar-refractivity contribution is 0.107. The van der Waals surface area contributed by atoms with Crippen molar-refractivity contribution in [3.05, 3.63) is 0 Å². The molecule has 2 unspecified atom stereocenters. The summed E-state index contributed by atoms with van der Waals surface area (Å²) in [6.07, 6.45) is 1.12. The van der Waals surface area contributed by atoms with Crippen molar-refractivity contribution in [2.45, 2.75) is 38.5 Å². The van der Waals surface area contributed by atoms with E-state index in [4.69, 9.17) is 4.74 Å². The highest BCUT2D eigenvalue weighted by Crippen LogP contribution is 2.19. The zero-order chi connectivity index (χ0) is 10.8. The maximum absolute atomic E-state index is 11.4. The predicted molar refractivity (Wildman–Crippen MR) is 55.6 cm³/mol. The van der Waals surface area contributed by atoms with Crippen LogP contribution in [0.5, 0.6) is 0 Å². The third-order valence-corrected chi connectivity index (χ3v) is 4.51. The molecule has 1 saturated heterocycles. The maximum atomic E-state index is 11.4. The summed E-state index contributed by atoms with van der Waals surface area (Å²) in [5, 5.41) is -0.361. The smallest absolute Gasteiger partial charge is 0.213 e. The topological polar surface area (TPSA) is 55.4 Å². The molecule has 1 heterocycles. The first-order valence-electron chi connectivity index (χ1n) is 5.03. The van der Waals surface area contributed by atoms with Gasteiger partial charge in [-0.15, -0.1) is 0 Å². The standard InChI is InChI=1S/C9H19NO3S/c1-7(2)14(11,12)10-6-9-4-5-13-8(9)3/h7-10H,4-6H2,1-3H3. The average molecular weight is 221 g/mol. The summed E-state index contributed by atoms with van der Waals surface area (Å²) >= 11 is 0. The number of hydrogen-bond donors (Lipinski definition) is 1. The van der Waals surface area contributed by atoms with E-state index in [2.05, 4.69) is 4.72 Å². The Morgan fingerprint density at radius 3 is 2.57 bits per heavy atom. The average Bonchev–Trinajstić information content (AvgIpc) is 2.47.